The summed E-state index contributed by atoms with van der Waals surface area (Å²) in [5.41, 5.74) is 2.17. The highest BCUT2D eigenvalue weighted by atomic mass is 32.2. The van der Waals surface area contributed by atoms with E-state index in [9.17, 15) is 8.42 Å². The molecule has 0 unspecified atom stereocenters. The molecular weight excluding hydrogens is 346 g/mol. The Balaban J connectivity index is 1.72. The number of sulfonamides is 1. The Bertz CT molecular complexity index is 1090. The third-order valence-corrected chi connectivity index (χ3v) is 6.50. The summed E-state index contributed by atoms with van der Waals surface area (Å²) >= 11 is 0. The van der Waals surface area contributed by atoms with Crippen LogP contribution < -0.4 is 0 Å². The number of para-hydroxylation sites is 1. The third-order valence-electron chi connectivity index (χ3n) is 4.59. The molecule has 1 heterocycles. The molecule has 26 heavy (non-hydrogen) atoms. The zero-order chi connectivity index (χ0) is 18.1. The van der Waals surface area contributed by atoms with Crippen LogP contribution in [-0.2, 0) is 16.6 Å². The van der Waals surface area contributed by atoms with Crippen molar-refractivity contribution >= 4 is 20.9 Å². The quantitative estimate of drug-likeness (QED) is 0.696. The van der Waals surface area contributed by atoms with E-state index < -0.39 is 10.0 Å². The molecule has 1 saturated carbocycles. The van der Waals surface area contributed by atoms with Gasteiger partial charge >= 0.3 is 0 Å². The minimum absolute atomic E-state index is 0.0228. The third kappa shape index (κ3) is 3.07. The first-order valence-corrected chi connectivity index (χ1v) is 9.88. The molecule has 1 fully saturated rings. The van der Waals surface area contributed by atoms with Crippen molar-refractivity contribution in [1.82, 2.24) is 9.29 Å². The fourth-order valence-electron chi connectivity index (χ4n) is 3.07. The molecule has 2 aromatic carbocycles. The molecule has 0 radical (unpaired) electrons. The fraction of sp³-hybridized carbons (Fsp3) is 0.200. The van der Waals surface area contributed by atoms with Gasteiger partial charge in [-0.05, 0) is 48.7 Å². The largest absolute Gasteiger partial charge is 0.256 e. The van der Waals surface area contributed by atoms with Crippen LogP contribution in [0.5, 0.6) is 0 Å². The van der Waals surface area contributed by atoms with Gasteiger partial charge in [0.05, 0.1) is 22.0 Å². The molecule has 0 spiro atoms. The first-order chi connectivity index (χ1) is 12.6. The number of nitriles is 1. The van der Waals surface area contributed by atoms with Crippen LogP contribution in [-0.4, -0.2) is 23.7 Å². The van der Waals surface area contributed by atoms with Crippen LogP contribution in [0.2, 0.25) is 0 Å². The van der Waals surface area contributed by atoms with Crippen molar-refractivity contribution in [3.8, 4) is 6.07 Å². The van der Waals surface area contributed by atoms with Gasteiger partial charge in [0.15, 0.2) is 0 Å². The van der Waals surface area contributed by atoms with Crippen LogP contribution in [0.3, 0.4) is 0 Å². The lowest BCUT2D eigenvalue weighted by atomic mass is 10.1. The van der Waals surface area contributed by atoms with Crippen LogP contribution >= 0.6 is 0 Å². The van der Waals surface area contributed by atoms with Crippen LogP contribution in [0.25, 0.3) is 10.9 Å². The molecule has 1 aliphatic carbocycles. The molecule has 1 aromatic heterocycles. The van der Waals surface area contributed by atoms with E-state index in [1.807, 2.05) is 36.4 Å². The number of rotatable bonds is 5. The maximum Gasteiger partial charge on any atom is 0.243 e. The number of fused-ring (bicyclic) bond motifs is 1. The fourth-order valence-corrected chi connectivity index (χ4v) is 4.74. The van der Waals surface area contributed by atoms with Gasteiger partial charge in [0.1, 0.15) is 0 Å². The van der Waals surface area contributed by atoms with Gasteiger partial charge in [-0.3, -0.25) is 4.98 Å². The van der Waals surface area contributed by atoms with Gasteiger partial charge in [0, 0.05) is 24.2 Å². The molecule has 0 N–H and O–H groups in total. The van der Waals surface area contributed by atoms with Crippen molar-refractivity contribution < 1.29 is 8.42 Å². The lowest BCUT2D eigenvalue weighted by Gasteiger charge is -2.22. The van der Waals surface area contributed by atoms with Crippen LogP contribution in [0.15, 0.2) is 65.7 Å². The van der Waals surface area contributed by atoms with Crippen molar-refractivity contribution in [3.05, 3.63) is 71.9 Å². The predicted molar refractivity (Wildman–Crippen MR) is 98.7 cm³/mol. The zero-order valence-corrected chi connectivity index (χ0v) is 14.9. The Hall–Kier alpha value is -2.75. The smallest absolute Gasteiger partial charge is 0.243 e. The first kappa shape index (κ1) is 16.7. The van der Waals surface area contributed by atoms with Crippen LogP contribution in [0, 0.1) is 11.3 Å². The molecule has 0 aliphatic heterocycles. The molecule has 1 aliphatic rings. The predicted octanol–water partition coefficient (Wildman–Crippen LogP) is 3.46. The SMILES string of the molecule is N#Cc1ccc(S(=O)(=O)N(Cc2cccc3cccnc23)C2CC2)cc1. The summed E-state index contributed by atoms with van der Waals surface area (Å²) in [5, 5.41) is 9.91. The van der Waals surface area contributed by atoms with E-state index in [1.54, 1.807) is 10.5 Å². The zero-order valence-electron chi connectivity index (χ0n) is 14.0. The minimum atomic E-state index is -3.63. The molecule has 3 aromatic rings. The average molecular weight is 363 g/mol. The summed E-state index contributed by atoms with van der Waals surface area (Å²) < 4.78 is 27.9. The van der Waals surface area contributed by atoms with Crippen molar-refractivity contribution in [2.24, 2.45) is 0 Å². The molecular formula is C20H17N3O2S. The van der Waals surface area contributed by atoms with Crippen molar-refractivity contribution in [3.63, 3.8) is 0 Å². The summed E-state index contributed by atoms with van der Waals surface area (Å²) in [6, 6.07) is 17.8. The van der Waals surface area contributed by atoms with Gasteiger partial charge in [-0.2, -0.15) is 9.57 Å². The van der Waals surface area contributed by atoms with E-state index in [4.69, 9.17) is 5.26 Å². The molecule has 0 amide bonds. The normalized spacial score (nSPS) is 14.5. The number of hydrogen-bond donors (Lipinski definition) is 0. The minimum Gasteiger partial charge on any atom is -0.256 e. The Morgan fingerprint density at radius 3 is 2.50 bits per heavy atom. The second-order valence-corrected chi connectivity index (χ2v) is 8.30. The molecule has 6 heteroatoms. The van der Waals surface area contributed by atoms with Gasteiger partial charge in [0.25, 0.3) is 0 Å². The summed E-state index contributed by atoms with van der Waals surface area (Å²) in [6.45, 7) is 0.293. The Kier molecular flexibility index (Phi) is 4.19. The van der Waals surface area contributed by atoms with Crippen molar-refractivity contribution in [2.45, 2.75) is 30.3 Å². The topological polar surface area (TPSA) is 74.1 Å². The van der Waals surface area contributed by atoms with Crippen molar-refractivity contribution in [2.75, 3.05) is 0 Å². The second-order valence-electron chi connectivity index (χ2n) is 6.41. The lowest BCUT2D eigenvalue weighted by Crippen LogP contribution is -2.32. The molecule has 0 atom stereocenters. The van der Waals surface area contributed by atoms with Gasteiger partial charge < -0.3 is 0 Å². The number of hydrogen-bond acceptors (Lipinski definition) is 4. The maximum atomic E-state index is 13.2. The Morgan fingerprint density at radius 1 is 1.08 bits per heavy atom. The van der Waals surface area contributed by atoms with E-state index in [1.165, 1.54) is 24.3 Å². The maximum absolute atomic E-state index is 13.2. The highest BCUT2D eigenvalue weighted by molar-refractivity contribution is 7.89. The molecule has 0 bridgehead atoms. The average Bonchev–Trinajstić information content (AvgIpc) is 3.51. The van der Waals surface area contributed by atoms with Gasteiger partial charge in [-0.25, -0.2) is 8.42 Å². The van der Waals surface area contributed by atoms with E-state index >= 15 is 0 Å². The number of pyridine rings is 1. The molecule has 4 rings (SSSR count). The summed E-state index contributed by atoms with van der Waals surface area (Å²) in [7, 11) is -3.63. The summed E-state index contributed by atoms with van der Waals surface area (Å²) in [4.78, 5) is 4.65. The standard InChI is InChI=1S/C20H17N3O2S/c21-13-15-6-10-19(11-7-15)26(24,25)23(18-8-9-18)14-17-4-1-3-16-5-2-12-22-20(16)17/h1-7,10-12,18H,8-9,14H2. The van der Waals surface area contributed by atoms with E-state index in [-0.39, 0.29) is 10.9 Å². The highest BCUT2D eigenvalue weighted by Gasteiger charge is 2.38. The van der Waals surface area contributed by atoms with Crippen molar-refractivity contribution in [1.29, 1.82) is 5.26 Å². The highest BCUT2D eigenvalue weighted by Crippen LogP contribution is 2.34. The van der Waals surface area contributed by atoms with Gasteiger partial charge in [0.2, 0.25) is 10.0 Å². The van der Waals surface area contributed by atoms with E-state index in [0.717, 1.165) is 29.3 Å². The van der Waals surface area contributed by atoms with E-state index in [0.29, 0.717) is 12.1 Å². The van der Waals surface area contributed by atoms with E-state index in [2.05, 4.69) is 4.98 Å². The first-order valence-electron chi connectivity index (χ1n) is 8.44. The number of benzene rings is 2. The second kappa shape index (κ2) is 6.52. The van der Waals surface area contributed by atoms with Crippen LogP contribution in [0.1, 0.15) is 24.0 Å². The monoisotopic (exact) mass is 363 g/mol. The number of nitrogens with zero attached hydrogens (tertiary/aromatic N) is 3. The Labute approximate surface area is 152 Å². The Morgan fingerprint density at radius 2 is 1.81 bits per heavy atom. The van der Waals surface area contributed by atoms with Crippen LogP contribution in [0.4, 0.5) is 0 Å². The molecule has 130 valence electrons. The lowest BCUT2D eigenvalue weighted by molar-refractivity contribution is 0.399. The van der Waals surface area contributed by atoms with Gasteiger partial charge in [-0.1, -0.05) is 24.3 Å². The number of aromatic nitrogens is 1. The summed E-state index contributed by atoms with van der Waals surface area (Å²) in [5.74, 6) is 0. The molecule has 0 saturated heterocycles. The summed E-state index contributed by atoms with van der Waals surface area (Å²) in [6.07, 6.45) is 3.46. The molecule has 5 nitrogen and oxygen atoms in total. The van der Waals surface area contributed by atoms with Gasteiger partial charge in [-0.15, -0.1) is 0 Å².